The Balaban J connectivity index is 2.07. The summed E-state index contributed by atoms with van der Waals surface area (Å²) in [7, 11) is 1.68. The molecule has 21 heavy (non-hydrogen) atoms. The molecule has 0 amide bonds. The van der Waals surface area contributed by atoms with Gasteiger partial charge < -0.3 is 10.5 Å². The molecule has 0 heterocycles. The van der Waals surface area contributed by atoms with E-state index >= 15 is 0 Å². The van der Waals surface area contributed by atoms with Gasteiger partial charge in [0.25, 0.3) is 0 Å². The van der Waals surface area contributed by atoms with E-state index < -0.39 is 0 Å². The third kappa shape index (κ3) is 4.18. The number of ether oxygens (including phenoxy) is 1. The van der Waals surface area contributed by atoms with Gasteiger partial charge in [0.2, 0.25) is 0 Å². The van der Waals surface area contributed by atoms with Crippen molar-refractivity contribution >= 4 is 17.4 Å². The van der Waals surface area contributed by atoms with E-state index in [-0.39, 0.29) is 5.41 Å². The molecule has 0 radical (unpaired) electrons. The third-order valence-corrected chi connectivity index (χ3v) is 4.49. The number of benzene rings is 2. The molecule has 0 spiro atoms. The molecule has 0 aromatic heterocycles. The molecule has 0 unspecified atom stereocenters. The molecule has 2 aromatic rings. The van der Waals surface area contributed by atoms with Gasteiger partial charge in [0, 0.05) is 28.0 Å². The van der Waals surface area contributed by atoms with Crippen molar-refractivity contribution < 1.29 is 4.74 Å². The quantitative estimate of drug-likeness (QED) is 0.646. The fraction of sp³-hybridized carbons (Fsp3) is 0.333. The first-order chi connectivity index (χ1) is 9.90. The number of hydrogen-bond donors (Lipinski definition) is 1. The van der Waals surface area contributed by atoms with Gasteiger partial charge in [-0.2, -0.15) is 0 Å². The third-order valence-electron chi connectivity index (χ3n) is 3.43. The molecule has 0 fully saturated rings. The average Bonchev–Trinajstić information content (AvgIpc) is 2.45. The predicted octanol–water partition coefficient (Wildman–Crippen LogP) is 4.87. The Bertz CT molecular complexity index is 600. The van der Waals surface area contributed by atoms with Gasteiger partial charge in [0.1, 0.15) is 5.75 Å². The van der Waals surface area contributed by atoms with E-state index in [9.17, 15) is 0 Å². The number of nitrogens with two attached hydrogens (primary N) is 1. The molecule has 0 aliphatic heterocycles. The Morgan fingerprint density at radius 2 is 1.71 bits per heavy atom. The van der Waals surface area contributed by atoms with Crippen molar-refractivity contribution in [2.45, 2.75) is 36.8 Å². The highest BCUT2D eigenvalue weighted by Crippen LogP contribution is 2.31. The first kappa shape index (κ1) is 15.8. The van der Waals surface area contributed by atoms with E-state index in [0.29, 0.717) is 0 Å². The van der Waals surface area contributed by atoms with E-state index in [1.165, 1.54) is 10.5 Å². The van der Waals surface area contributed by atoms with Crippen molar-refractivity contribution in [1.29, 1.82) is 0 Å². The van der Waals surface area contributed by atoms with Gasteiger partial charge in [0.05, 0.1) is 7.11 Å². The zero-order valence-corrected chi connectivity index (χ0v) is 14.0. The van der Waals surface area contributed by atoms with Crippen molar-refractivity contribution in [3.63, 3.8) is 0 Å². The zero-order valence-electron chi connectivity index (χ0n) is 13.1. The molecule has 0 atom stereocenters. The maximum Gasteiger partial charge on any atom is 0.124 e. The molecule has 0 saturated heterocycles. The van der Waals surface area contributed by atoms with Crippen LogP contribution < -0.4 is 10.5 Å². The Labute approximate surface area is 131 Å². The maximum absolute atomic E-state index is 5.78. The van der Waals surface area contributed by atoms with E-state index in [4.69, 9.17) is 10.5 Å². The van der Waals surface area contributed by atoms with Crippen LogP contribution in [0.15, 0.2) is 47.4 Å². The van der Waals surface area contributed by atoms with Crippen molar-refractivity contribution in [2.24, 2.45) is 0 Å². The van der Waals surface area contributed by atoms with Crippen LogP contribution in [-0.4, -0.2) is 7.11 Å². The lowest BCUT2D eigenvalue weighted by molar-refractivity contribution is 0.411. The van der Waals surface area contributed by atoms with Crippen molar-refractivity contribution in [1.82, 2.24) is 0 Å². The van der Waals surface area contributed by atoms with Gasteiger partial charge in [-0.15, -0.1) is 11.8 Å². The van der Waals surface area contributed by atoms with E-state index in [0.717, 1.165) is 22.8 Å². The lowest BCUT2D eigenvalue weighted by Crippen LogP contribution is -2.10. The number of anilines is 1. The molecule has 3 heteroatoms. The standard InChI is InChI=1S/C18H23NOS/c1-18(2,3)14-6-9-16(10-7-14)21-12-13-5-8-15(19)11-17(13)20-4/h5-11H,12,19H2,1-4H3. The van der Waals surface area contributed by atoms with Crippen LogP contribution in [0.5, 0.6) is 5.75 Å². The van der Waals surface area contributed by atoms with Crippen molar-refractivity contribution in [3.05, 3.63) is 53.6 Å². The van der Waals surface area contributed by atoms with E-state index in [2.05, 4.69) is 45.0 Å². The van der Waals surface area contributed by atoms with Gasteiger partial charge >= 0.3 is 0 Å². The Hall–Kier alpha value is -1.61. The molecule has 0 aliphatic carbocycles. The summed E-state index contributed by atoms with van der Waals surface area (Å²) < 4.78 is 5.39. The highest BCUT2D eigenvalue weighted by Gasteiger charge is 2.13. The molecule has 112 valence electrons. The zero-order chi connectivity index (χ0) is 15.5. The largest absolute Gasteiger partial charge is 0.496 e. The number of nitrogen functional groups attached to an aromatic ring is 1. The summed E-state index contributed by atoms with van der Waals surface area (Å²) in [5.74, 6) is 1.73. The number of rotatable bonds is 4. The summed E-state index contributed by atoms with van der Waals surface area (Å²) in [4.78, 5) is 1.27. The van der Waals surface area contributed by atoms with Gasteiger partial charge in [-0.05, 0) is 29.2 Å². The molecular formula is C18H23NOS. The van der Waals surface area contributed by atoms with Crippen LogP contribution in [0.25, 0.3) is 0 Å². The summed E-state index contributed by atoms with van der Waals surface area (Å²) in [5.41, 5.74) is 9.23. The van der Waals surface area contributed by atoms with Gasteiger partial charge in [-0.3, -0.25) is 0 Å². The summed E-state index contributed by atoms with van der Waals surface area (Å²) >= 11 is 1.81. The van der Waals surface area contributed by atoms with Crippen LogP contribution in [0.2, 0.25) is 0 Å². The average molecular weight is 301 g/mol. The first-order valence-corrected chi connectivity index (χ1v) is 8.04. The minimum absolute atomic E-state index is 0.198. The summed E-state index contributed by atoms with van der Waals surface area (Å²) in [6.07, 6.45) is 0. The van der Waals surface area contributed by atoms with Gasteiger partial charge in [0.15, 0.2) is 0 Å². The topological polar surface area (TPSA) is 35.2 Å². The Morgan fingerprint density at radius 3 is 2.29 bits per heavy atom. The molecule has 0 saturated carbocycles. The second kappa shape index (κ2) is 6.44. The van der Waals surface area contributed by atoms with Crippen molar-refractivity contribution in [3.8, 4) is 5.75 Å². The molecule has 2 nitrogen and oxygen atoms in total. The lowest BCUT2D eigenvalue weighted by Gasteiger charge is -2.19. The second-order valence-electron chi connectivity index (χ2n) is 6.13. The lowest BCUT2D eigenvalue weighted by atomic mass is 9.87. The van der Waals surface area contributed by atoms with E-state index in [1.807, 2.05) is 30.0 Å². The summed E-state index contributed by atoms with van der Waals surface area (Å²) in [5, 5.41) is 0. The molecule has 0 bridgehead atoms. The molecular weight excluding hydrogens is 278 g/mol. The summed E-state index contributed by atoms with van der Waals surface area (Å²) in [6.45, 7) is 6.69. The highest BCUT2D eigenvalue weighted by molar-refractivity contribution is 7.98. The predicted molar refractivity (Wildman–Crippen MR) is 92.1 cm³/mol. The normalized spacial score (nSPS) is 11.4. The van der Waals surface area contributed by atoms with Crippen LogP contribution in [0.3, 0.4) is 0 Å². The minimum Gasteiger partial charge on any atom is -0.496 e. The van der Waals surface area contributed by atoms with Crippen LogP contribution in [0.1, 0.15) is 31.9 Å². The fourth-order valence-electron chi connectivity index (χ4n) is 2.09. The second-order valence-corrected chi connectivity index (χ2v) is 7.18. The molecule has 2 aromatic carbocycles. The Kier molecular flexibility index (Phi) is 4.84. The van der Waals surface area contributed by atoms with Crippen LogP contribution in [0, 0.1) is 0 Å². The maximum atomic E-state index is 5.78. The summed E-state index contributed by atoms with van der Waals surface area (Å²) in [6, 6.07) is 14.6. The van der Waals surface area contributed by atoms with Crippen molar-refractivity contribution in [2.75, 3.05) is 12.8 Å². The number of methoxy groups -OCH3 is 1. The van der Waals surface area contributed by atoms with Crippen LogP contribution >= 0.6 is 11.8 Å². The Morgan fingerprint density at radius 1 is 1.05 bits per heavy atom. The van der Waals surface area contributed by atoms with Crippen LogP contribution in [0.4, 0.5) is 5.69 Å². The fourth-order valence-corrected chi connectivity index (χ4v) is 2.98. The molecule has 2 rings (SSSR count). The molecule has 2 N–H and O–H groups in total. The smallest absolute Gasteiger partial charge is 0.124 e. The number of thioether (sulfide) groups is 1. The first-order valence-electron chi connectivity index (χ1n) is 7.06. The highest BCUT2D eigenvalue weighted by atomic mass is 32.2. The SMILES string of the molecule is COc1cc(N)ccc1CSc1ccc(C(C)(C)C)cc1. The molecule has 0 aliphatic rings. The van der Waals surface area contributed by atoms with Gasteiger partial charge in [-0.1, -0.05) is 39.0 Å². The number of hydrogen-bond acceptors (Lipinski definition) is 3. The minimum atomic E-state index is 0.198. The monoisotopic (exact) mass is 301 g/mol. The van der Waals surface area contributed by atoms with E-state index in [1.54, 1.807) is 7.11 Å². The van der Waals surface area contributed by atoms with Crippen LogP contribution in [-0.2, 0) is 11.2 Å². The van der Waals surface area contributed by atoms with Gasteiger partial charge in [-0.25, -0.2) is 0 Å².